The first kappa shape index (κ1) is 11.5. The fourth-order valence-corrected chi connectivity index (χ4v) is 1.76. The number of benzene rings is 1. The van der Waals surface area contributed by atoms with E-state index in [1.807, 2.05) is 6.07 Å². The molecule has 0 aliphatic heterocycles. The van der Waals surface area contributed by atoms with Gasteiger partial charge in [0.2, 0.25) is 0 Å². The molecule has 17 heavy (non-hydrogen) atoms. The van der Waals surface area contributed by atoms with Gasteiger partial charge in [-0.25, -0.2) is 4.98 Å². The summed E-state index contributed by atoms with van der Waals surface area (Å²) >= 11 is 0. The average molecular weight is 231 g/mol. The van der Waals surface area contributed by atoms with Crippen LogP contribution in [0.4, 0.5) is 5.95 Å². The number of aromatic amines is 1. The van der Waals surface area contributed by atoms with Gasteiger partial charge in [-0.2, -0.15) is 0 Å². The molecule has 90 valence electrons. The molecule has 0 aliphatic rings. The molecule has 0 unspecified atom stereocenters. The maximum atomic E-state index is 5.58. The Morgan fingerprint density at radius 3 is 2.65 bits per heavy atom. The molecular formula is C13H17N3O. The third-order valence-corrected chi connectivity index (χ3v) is 2.78. The molecule has 0 radical (unpaired) electrons. The molecule has 0 saturated carbocycles. The van der Waals surface area contributed by atoms with E-state index in [1.165, 1.54) is 5.56 Å². The number of nitrogen functional groups attached to an aromatic ring is 1. The maximum Gasteiger partial charge on any atom is 0.197 e. The number of methoxy groups -OCH3 is 1. The second kappa shape index (κ2) is 4.49. The molecule has 2 rings (SSSR count). The number of nitrogens with zero attached hydrogens (tertiary/aromatic N) is 1. The van der Waals surface area contributed by atoms with Gasteiger partial charge in [0.1, 0.15) is 5.75 Å². The molecule has 1 aromatic heterocycles. The minimum Gasteiger partial charge on any atom is -0.496 e. The number of ether oxygens (including phenoxy) is 1. The summed E-state index contributed by atoms with van der Waals surface area (Å²) < 4.78 is 5.41. The van der Waals surface area contributed by atoms with Crippen molar-refractivity contribution in [3.63, 3.8) is 0 Å². The normalized spacial score (nSPS) is 10.8. The first-order chi connectivity index (χ1) is 8.11. The first-order valence-electron chi connectivity index (χ1n) is 5.60. The lowest BCUT2D eigenvalue weighted by Crippen LogP contribution is -1.93. The van der Waals surface area contributed by atoms with Crippen molar-refractivity contribution in [2.75, 3.05) is 12.8 Å². The predicted octanol–water partition coefficient (Wildman–Crippen LogP) is 2.79. The Kier molecular flexibility index (Phi) is 3.04. The van der Waals surface area contributed by atoms with Crippen molar-refractivity contribution in [3.8, 4) is 17.0 Å². The second-order valence-electron chi connectivity index (χ2n) is 4.30. The summed E-state index contributed by atoms with van der Waals surface area (Å²) in [6.07, 6.45) is 1.71. The van der Waals surface area contributed by atoms with Gasteiger partial charge in [0.15, 0.2) is 5.95 Å². The van der Waals surface area contributed by atoms with Gasteiger partial charge in [0, 0.05) is 5.56 Å². The van der Waals surface area contributed by atoms with Crippen molar-refractivity contribution in [1.29, 1.82) is 0 Å². The molecule has 0 atom stereocenters. The van der Waals surface area contributed by atoms with E-state index in [0.29, 0.717) is 11.9 Å². The zero-order valence-corrected chi connectivity index (χ0v) is 10.3. The number of hydrogen-bond donors (Lipinski definition) is 2. The van der Waals surface area contributed by atoms with E-state index in [2.05, 4.69) is 35.9 Å². The van der Waals surface area contributed by atoms with Crippen molar-refractivity contribution in [2.24, 2.45) is 0 Å². The average Bonchev–Trinajstić information content (AvgIpc) is 2.74. The minimum atomic E-state index is 0.412. The number of rotatable bonds is 3. The van der Waals surface area contributed by atoms with Crippen LogP contribution < -0.4 is 10.5 Å². The Hall–Kier alpha value is -1.97. The lowest BCUT2D eigenvalue weighted by Gasteiger charge is -2.11. The number of anilines is 1. The van der Waals surface area contributed by atoms with Crippen LogP contribution in [0.5, 0.6) is 5.75 Å². The Morgan fingerprint density at radius 1 is 1.35 bits per heavy atom. The molecule has 0 amide bonds. The van der Waals surface area contributed by atoms with Gasteiger partial charge in [-0.15, -0.1) is 0 Å². The van der Waals surface area contributed by atoms with Crippen LogP contribution in [0.15, 0.2) is 24.4 Å². The second-order valence-corrected chi connectivity index (χ2v) is 4.30. The predicted molar refractivity (Wildman–Crippen MR) is 69.1 cm³/mol. The number of hydrogen-bond acceptors (Lipinski definition) is 3. The van der Waals surface area contributed by atoms with E-state index >= 15 is 0 Å². The van der Waals surface area contributed by atoms with E-state index < -0.39 is 0 Å². The van der Waals surface area contributed by atoms with E-state index in [4.69, 9.17) is 10.5 Å². The number of nitrogens with two attached hydrogens (primary N) is 1. The van der Waals surface area contributed by atoms with E-state index in [9.17, 15) is 0 Å². The molecular weight excluding hydrogens is 214 g/mol. The highest BCUT2D eigenvalue weighted by atomic mass is 16.5. The third kappa shape index (κ3) is 2.25. The maximum absolute atomic E-state index is 5.58. The van der Waals surface area contributed by atoms with E-state index in [-0.39, 0.29) is 0 Å². The summed E-state index contributed by atoms with van der Waals surface area (Å²) in [4.78, 5) is 7.00. The summed E-state index contributed by atoms with van der Waals surface area (Å²) in [5.74, 6) is 1.72. The molecule has 4 heteroatoms. The largest absolute Gasteiger partial charge is 0.496 e. The van der Waals surface area contributed by atoms with Gasteiger partial charge in [0.05, 0.1) is 19.0 Å². The molecule has 3 N–H and O–H groups in total. The van der Waals surface area contributed by atoms with Crippen molar-refractivity contribution < 1.29 is 4.74 Å². The molecule has 0 bridgehead atoms. The van der Waals surface area contributed by atoms with Crippen LogP contribution in [0.3, 0.4) is 0 Å². The van der Waals surface area contributed by atoms with Crippen LogP contribution in [0.2, 0.25) is 0 Å². The smallest absolute Gasteiger partial charge is 0.197 e. The quantitative estimate of drug-likeness (QED) is 0.853. The summed E-state index contributed by atoms with van der Waals surface area (Å²) in [5.41, 5.74) is 8.67. The van der Waals surface area contributed by atoms with Crippen molar-refractivity contribution in [1.82, 2.24) is 9.97 Å². The highest BCUT2D eigenvalue weighted by Crippen LogP contribution is 2.31. The number of nitrogens with one attached hydrogen (secondary N) is 1. The Labute approximate surface area is 101 Å². The number of aromatic nitrogens is 2. The number of H-pyrrole nitrogens is 1. The standard InChI is InChI=1S/C13H17N3O/c1-8(2)9-4-5-10(12(6-9)17-3)11-7-15-13(14)16-11/h4-8H,1-3H3,(H3,14,15,16). The van der Waals surface area contributed by atoms with E-state index in [1.54, 1.807) is 13.3 Å². The van der Waals surface area contributed by atoms with Gasteiger partial charge in [-0.1, -0.05) is 19.9 Å². The van der Waals surface area contributed by atoms with Crippen LogP contribution in [0.1, 0.15) is 25.3 Å². The zero-order chi connectivity index (χ0) is 12.4. The van der Waals surface area contributed by atoms with Crippen molar-refractivity contribution in [2.45, 2.75) is 19.8 Å². The van der Waals surface area contributed by atoms with Crippen LogP contribution in [-0.2, 0) is 0 Å². The summed E-state index contributed by atoms with van der Waals surface area (Å²) in [6, 6.07) is 6.18. The van der Waals surface area contributed by atoms with Gasteiger partial charge in [-0.05, 0) is 23.6 Å². The van der Waals surface area contributed by atoms with Crippen LogP contribution in [0, 0.1) is 0 Å². The SMILES string of the molecule is COc1cc(C(C)C)ccc1-c1cnc(N)[nH]1. The molecule has 1 heterocycles. The highest BCUT2D eigenvalue weighted by molar-refractivity contribution is 5.68. The fourth-order valence-electron chi connectivity index (χ4n) is 1.76. The summed E-state index contributed by atoms with van der Waals surface area (Å²) in [7, 11) is 1.67. The van der Waals surface area contributed by atoms with Gasteiger partial charge in [0.25, 0.3) is 0 Å². The highest BCUT2D eigenvalue weighted by Gasteiger charge is 2.10. The van der Waals surface area contributed by atoms with Crippen molar-refractivity contribution >= 4 is 5.95 Å². The zero-order valence-electron chi connectivity index (χ0n) is 10.3. The molecule has 0 aliphatic carbocycles. The lowest BCUT2D eigenvalue weighted by atomic mass is 10.00. The first-order valence-corrected chi connectivity index (χ1v) is 5.60. The Bertz CT molecular complexity index is 517. The molecule has 0 saturated heterocycles. The fraction of sp³-hybridized carbons (Fsp3) is 0.308. The van der Waals surface area contributed by atoms with Gasteiger partial charge < -0.3 is 15.5 Å². The molecule has 1 aromatic carbocycles. The molecule has 4 nitrogen and oxygen atoms in total. The topological polar surface area (TPSA) is 63.9 Å². The number of imidazole rings is 1. The van der Waals surface area contributed by atoms with Gasteiger partial charge in [-0.3, -0.25) is 0 Å². The molecule has 2 aromatic rings. The van der Waals surface area contributed by atoms with E-state index in [0.717, 1.165) is 17.0 Å². The third-order valence-electron chi connectivity index (χ3n) is 2.78. The summed E-state index contributed by atoms with van der Waals surface area (Å²) in [5, 5.41) is 0. The molecule has 0 spiro atoms. The van der Waals surface area contributed by atoms with Crippen molar-refractivity contribution in [3.05, 3.63) is 30.0 Å². The lowest BCUT2D eigenvalue weighted by molar-refractivity contribution is 0.415. The molecule has 0 fully saturated rings. The van der Waals surface area contributed by atoms with Crippen LogP contribution >= 0.6 is 0 Å². The van der Waals surface area contributed by atoms with Crippen LogP contribution in [-0.4, -0.2) is 17.1 Å². The Morgan fingerprint density at radius 2 is 2.12 bits per heavy atom. The Balaban J connectivity index is 2.48. The minimum absolute atomic E-state index is 0.412. The van der Waals surface area contributed by atoms with Crippen LogP contribution in [0.25, 0.3) is 11.3 Å². The monoisotopic (exact) mass is 231 g/mol. The summed E-state index contributed by atoms with van der Waals surface area (Å²) in [6.45, 7) is 4.31. The van der Waals surface area contributed by atoms with Gasteiger partial charge >= 0.3 is 0 Å².